The summed E-state index contributed by atoms with van der Waals surface area (Å²) in [4.78, 5) is 25.5. The smallest absolute Gasteiger partial charge is 0.275 e. The molecule has 1 aromatic carbocycles. The van der Waals surface area contributed by atoms with Gasteiger partial charge in [0.25, 0.3) is 5.91 Å². The first-order chi connectivity index (χ1) is 10.9. The van der Waals surface area contributed by atoms with E-state index in [2.05, 4.69) is 19.2 Å². The molecule has 1 aliphatic heterocycles. The minimum Gasteiger partial charge on any atom is -0.341 e. The van der Waals surface area contributed by atoms with Crippen LogP contribution in [0.2, 0.25) is 0 Å². The number of piperidine rings is 1. The predicted octanol–water partition coefficient (Wildman–Crippen LogP) is 0.864. The summed E-state index contributed by atoms with van der Waals surface area (Å²) in [6.07, 6.45) is 1.80. The maximum Gasteiger partial charge on any atom is 0.275 e. The summed E-state index contributed by atoms with van der Waals surface area (Å²) in [5.74, 6) is 1.32. The van der Waals surface area contributed by atoms with E-state index in [4.69, 9.17) is 0 Å². The van der Waals surface area contributed by atoms with Gasteiger partial charge < -0.3 is 10.2 Å². The van der Waals surface area contributed by atoms with E-state index in [1.165, 1.54) is 11.3 Å². The molecule has 0 spiro atoms. The van der Waals surface area contributed by atoms with Crippen LogP contribution in [0.5, 0.6) is 0 Å². The molecular weight excluding hydrogens is 288 g/mol. The van der Waals surface area contributed by atoms with Crippen LogP contribution in [0, 0.1) is 11.8 Å². The Morgan fingerprint density at radius 2 is 1.78 bits per heavy atom. The molecular formula is C19H29N2O2+. The van der Waals surface area contributed by atoms with E-state index in [-0.39, 0.29) is 11.7 Å². The first-order valence-electron chi connectivity index (χ1n) is 8.61. The van der Waals surface area contributed by atoms with Crippen LogP contribution in [0.1, 0.15) is 32.8 Å². The number of ketones is 1. The van der Waals surface area contributed by atoms with Crippen LogP contribution in [0.4, 0.5) is 0 Å². The minimum absolute atomic E-state index is 0.0117. The van der Waals surface area contributed by atoms with Crippen molar-refractivity contribution in [3.63, 3.8) is 0 Å². The van der Waals surface area contributed by atoms with Gasteiger partial charge in [-0.05, 0) is 25.3 Å². The van der Waals surface area contributed by atoms with Crippen LogP contribution < -0.4 is 10.2 Å². The number of amides is 1. The molecule has 126 valence electrons. The monoisotopic (exact) mass is 317 g/mol. The number of hydrogen-bond donors (Lipinski definition) is 2. The highest BCUT2D eigenvalue weighted by atomic mass is 16.2. The second-order valence-electron chi connectivity index (χ2n) is 7.20. The zero-order chi connectivity index (χ0) is 16.8. The largest absolute Gasteiger partial charge is 0.341 e. The average Bonchev–Trinajstić information content (AvgIpc) is 2.46. The van der Waals surface area contributed by atoms with Gasteiger partial charge in [-0.25, -0.2) is 0 Å². The minimum atomic E-state index is -0.427. The summed E-state index contributed by atoms with van der Waals surface area (Å²) in [5, 5.41) is 2.93. The lowest BCUT2D eigenvalue weighted by Crippen LogP contribution is -3.15. The van der Waals surface area contributed by atoms with Gasteiger partial charge >= 0.3 is 0 Å². The SMILES string of the molecule is CC(=O)[C@H](Cc1ccccc1)NC(=O)C[NH+]1C[C@@H](C)C[C@H](C)C1. The Balaban J connectivity index is 1.89. The molecule has 0 aromatic heterocycles. The van der Waals surface area contributed by atoms with E-state index in [0.29, 0.717) is 24.8 Å². The maximum absolute atomic E-state index is 12.3. The second-order valence-corrected chi connectivity index (χ2v) is 7.20. The topological polar surface area (TPSA) is 50.6 Å². The summed E-state index contributed by atoms with van der Waals surface area (Å²) in [5.41, 5.74) is 1.07. The van der Waals surface area contributed by atoms with Gasteiger partial charge in [0.15, 0.2) is 12.3 Å². The third-order valence-corrected chi connectivity index (χ3v) is 4.60. The number of carbonyl (C=O) groups excluding carboxylic acids is 2. The zero-order valence-corrected chi connectivity index (χ0v) is 14.5. The third-order valence-electron chi connectivity index (χ3n) is 4.60. The van der Waals surface area contributed by atoms with Gasteiger partial charge in [0.05, 0.1) is 19.1 Å². The van der Waals surface area contributed by atoms with E-state index < -0.39 is 6.04 Å². The highest BCUT2D eigenvalue weighted by Gasteiger charge is 2.27. The van der Waals surface area contributed by atoms with Crippen molar-refractivity contribution in [3.05, 3.63) is 35.9 Å². The zero-order valence-electron chi connectivity index (χ0n) is 14.5. The summed E-state index contributed by atoms with van der Waals surface area (Å²) in [7, 11) is 0. The van der Waals surface area contributed by atoms with Gasteiger partial charge in [-0.3, -0.25) is 9.59 Å². The molecule has 23 heavy (non-hydrogen) atoms. The molecule has 1 fully saturated rings. The second kappa shape index (κ2) is 8.25. The summed E-state index contributed by atoms with van der Waals surface area (Å²) >= 11 is 0. The van der Waals surface area contributed by atoms with Crippen LogP contribution in [0.3, 0.4) is 0 Å². The Kier molecular flexibility index (Phi) is 6.34. The Morgan fingerprint density at radius 1 is 1.17 bits per heavy atom. The number of rotatable bonds is 6. The van der Waals surface area contributed by atoms with Crippen LogP contribution in [-0.2, 0) is 16.0 Å². The predicted molar refractivity (Wildman–Crippen MR) is 91.3 cm³/mol. The molecule has 2 rings (SSSR count). The van der Waals surface area contributed by atoms with E-state index in [9.17, 15) is 9.59 Å². The maximum atomic E-state index is 12.3. The number of Topliss-reactive ketones (excluding diaryl/α,β-unsaturated/α-hetero) is 1. The quantitative estimate of drug-likeness (QED) is 0.818. The van der Waals surface area contributed by atoms with Gasteiger partial charge in [0.1, 0.15) is 0 Å². The van der Waals surface area contributed by atoms with E-state index in [1.807, 2.05) is 30.3 Å². The summed E-state index contributed by atoms with van der Waals surface area (Å²) in [6.45, 7) is 8.60. The molecule has 4 nitrogen and oxygen atoms in total. The molecule has 0 bridgehead atoms. The van der Waals surface area contributed by atoms with Gasteiger partial charge in [-0.1, -0.05) is 44.2 Å². The number of hydrogen-bond acceptors (Lipinski definition) is 2. The van der Waals surface area contributed by atoms with Gasteiger partial charge in [0, 0.05) is 11.8 Å². The third kappa shape index (κ3) is 5.79. The molecule has 3 atom stereocenters. The molecule has 1 saturated heterocycles. The van der Waals surface area contributed by atoms with Crippen molar-refractivity contribution in [1.29, 1.82) is 0 Å². The number of carbonyl (C=O) groups is 2. The van der Waals surface area contributed by atoms with Crippen LogP contribution in [0.25, 0.3) is 0 Å². The molecule has 1 amide bonds. The molecule has 1 aromatic rings. The van der Waals surface area contributed by atoms with E-state index in [0.717, 1.165) is 18.7 Å². The van der Waals surface area contributed by atoms with Crippen LogP contribution in [0.15, 0.2) is 30.3 Å². The first kappa shape index (κ1) is 17.7. The normalized spacial score (nSPS) is 25.6. The fourth-order valence-corrected chi connectivity index (χ4v) is 3.69. The lowest BCUT2D eigenvalue weighted by Gasteiger charge is -2.31. The van der Waals surface area contributed by atoms with Crippen molar-refractivity contribution in [2.24, 2.45) is 11.8 Å². The molecule has 1 aliphatic rings. The van der Waals surface area contributed by atoms with Crippen molar-refractivity contribution < 1.29 is 14.5 Å². The summed E-state index contributed by atoms with van der Waals surface area (Å²) < 4.78 is 0. The van der Waals surface area contributed by atoms with Crippen molar-refractivity contribution in [3.8, 4) is 0 Å². The number of nitrogens with one attached hydrogen (secondary N) is 2. The van der Waals surface area contributed by atoms with Crippen molar-refractivity contribution >= 4 is 11.7 Å². The molecule has 0 aliphatic carbocycles. The van der Waals surface area contributed by atoms with Crippen molar-refractivity contribution in [2.45, 2.75) is 39.7 Å². The number of quaternary nitrogens is 1. The standard InChI is InChI=1S/C19H28N2O2/c1-14-9-15(2)12-21(11-14)13-19(23)20-18(16(3)22)10-17-7-5-4-6-8-17/h4-8,14-15,18H,9-13H2,1-3H3,(H,20,23)/p+1/t14-,15-,18-/m0/s1. The highest BCUT2D eigenvalue weighted by Crippen LogP contribution is 2.11. The van der Waals surface area contributed by atoms with E-state index >= 15 is 0 Å². The van der Waals surface area contributed by atoms with Crippen molar-refractivity contribution in [2.75, 3.05) is 19.6 Å². The Labute approximate surface area is 139 Å². The van der Waals surface area contributed by atoms with Crippen molar-refractivity contribution in [1.82, 2.24) is 5.32 Å². The highest BCUT2D eigenvalue weighted by molar-refractivity contribution is 5.88. The molecule has 0 radical (unpaired) electrons. The summed E-state index contributed by atoms with van der Waals surface area (Å²) in [6, 6.07) is 9.41. The van der Waals surface area contributed by atoms with Crippen LogP contribution in [-0.4, -0.2) is 37.4 Å². The van der Waals surface area contributed by atoms with Gasteiger partial charge in [-0.15, -0.1) is 0 Å². The van der Waals surface area contributed by atoms with Gasteiger partial charge in [-0.2, -0.15) is 0 Å². The lowest BCUT2D eigenvalue weighted by atomic mass is 9.92. The number of benzene rings is 1. The molecule has 1 heterocycles. The van der Waals surface area contributed by atoms with Gasteiger partial charge in [0.2, 0.25) is 0 Å². The molecule has 4 heteroatoms. The molecule has 2 N–H and O–H groups in total. The Hall–Kier alpha value is -1.68. The molecule has 0 saturated carbocycles. The fourth-order valence-electron chi connectivity index (χ4n) is 3.69. The van der Waals surface area contributed by atoms with E-state index in [1.54, 1.807) is 6.92 Å². The van der Waals surface area contributed by atoms with Crippen LogP contribution >= 0.6 is 0 Å². The average molecular weight is 317 g/mol. The molecule has 0 unspecified atom stereocenters. The Bertz CT molecular complexity index is 519. The first-order valence-corrected chi connectivity index (χ1v) is 8.61. The fraction of sp³-hybridized carbons (Fsp3) is 0.579. The Morgan fingerprint density at radius 3 is 2.35 bits per heavy atom. The number of likely N-dealkylation sites (tertiary alicyclic amines) is 1. The lowest BCUT2D eigenvalue weighted by molar-refractivity contribution is -0.904.